The predicted molar refractivity (Wildman–Crippen MR) is 150 cm³/mol. The van der Waals surface area contributed by atoms with E-state index in [1.165, 1.54) is 12.1 Å². The molecule has 1 heterocycles. The van der Waals surface area contributed by atoms with E-state index < -0.39 is 0 Å². The van der Waals surface area contributed by atoms with Gasteiger partial charge in [0.15, 0.2) is 11.5 Å². The summed E-state index contributed by atoms with van der Waals surface area (Å²) in [4.78, 5) is 13.4. The van der Waals surface area contributed by atoms with Gasteiger partial charge in [-0.3, -0.25) is 4.79 Å². The second kappa shape index (κ2) is 12.4. The zero-order chi connectivity index (χ0) is 26.1. The second-order valence-electron chi connectivity index (χ2n) is 7.45. The number of nitrogens with zero attached hydrogens (tertiary/aromatic N) is 2. The fraction of sp³-hybridized carbons (Fsp3) is 0.161. The maximum absolute atomic E-state index is 13.4. The molecule has 1 aliphatic rings. The number of benzene rings is 4. The molecule has 0 radical (unpaired) electrons. The number of para-hydroxylation sites is 1. The van der Waals surface area contributed by atoms with E-state index in [2.05, 4.69) is 17.2 Å². The van der Waals surface area contributed by atoms with Crippen LogP contribution in [-0.4, -0.2) is 23.8 Å². The van der Waals surface area contributed by atoms with Crippen LogP contribution in [0.25, 0.3) is 16.8 Å². The first-order valence-corrected chi connectivity index (χ1v) is 12.2. The lowest BCUT2D eigenvalue weighted by Crippen LogP contribution is -2.21. The molecular formula is C31H32N2O3. The lowest BCUT2D eigenvalue weighted by Gasteiger charge is -2.10. The zero-order valence-electron chi connectivity index (χ0n) is 21.4. The highest BCUT2D eigenvalue weighted by Crippen LogP contribution is 2.32. The monoisotopic (exact) mass is 480 g/mol. The summed E-state index contributed by atoms with van der Waals surface area (Å²) in [5.74, 6) is 0.133. The number of hydrogen-bond donors (Lipinski definition) is 1. The van der Waals surface area contributed by atoms with Crippen molar-refractivity contribution < 1.29 is 14.6 Å². The molecule has 36 heavy (non-hydrogen) atoms. The summed E-state index contributed by atoms with van der Waals surface area (Å²) in [6.07, 6.45) is 1.86. The summed E-state index contributed by atoms with van der Waals surface area (Å²) >= 11 is 0. The number of aromatic hydroxyl groups is 1. The van der Waals surface area contributed by atoms with Gasteiger partial charge in [0.05, 0.1) is 18.4 Å². The number of fused-ring (bicyclic) bond motifs is 1. The highest BCUT2D eigenvalue weighted by Gasteiger charge is 2.32. The quantitative estimate of drug-likeness (QED) is 0.309. The van der Waals surface area contributed by atoms with Crippen molar-refractivity contribution in [1.29, 1.82) is 0 Å². The van der Waals surface area contributed by atoms with Crippen LogP contribution in [0.1, 0.15) is 38.8 Å². The van der Waals surface area contributed by atoms with Crippen LogP contribution in [0.15, 0.2) is 102 Å². The van der Waals surface area contributed by atoms with E-state index in [0.29, 0.717) is 28.3 Å². The highest BCUT2D eigenvalue weighted by molar-refractivity contribution is 6.37. The fourth-order valence-corrected chi connectivity index (χ4v) is 3.79. The van der Waals surface area contributed by atoms with Crippen molar-refractivity contribution in [3.05, 3.63) is 108 Å². The van der Waals surface area contributed by atoms with Crippen LogP contribution in [0.2, 0.25) is 0 Å². The minimum Gasteiger partial charge on any atom is -0.504 e. The molecule has 0 unspecified atom stereocenters. The van der Waals surface area contributed by atoms with Gasteiger partial charge in [-0.05, 0) is 58.8 Å². The van der Waals surface area contributed by atoms with E-state index in [9.17, 15) is 9.90 Å². The van der Waals surface area contributed by atoms with E-state index in [4.69, 9.17) is 4.74 Å². The first kappa shape index (κ1) is 26.2. The average molecular weight is 481 g/mol. The molecule has 0 aliphatic carbocycles. The van der Waals surface area contributed by atoms with Crippen molar-refractivity contribution >= 4 is 34.2 Å². The van der Waals surface area contributed by atoms with Crippen LogP contribution >= 0.6 is 0 Å². The number of rotatable bonds is 4. The Hall–Kier alpha value is -4.38. The molecule has 0 spiro atoms. The Kier molecular flexibility index (Phi) is 9.01. The number of phenols is 1. The van der Waals surface area contributed by atoms with Gasteiger partial charge >= 0.3 is 0 Å². The average Bonchev–Trinajstić information content (AvgIpc) is 3.27. The van der Waals surface area contributed by atoms with Gasteiger partial charge in [-0.2, -0.15) is 10.1 Å². The molecule has 1 aliphatic heterocycles. The third-order valence-corrected chi connectivity index (χ3v) is 5.42. The molecule has 5 nitrogen and oxygen atoms in total. The van der Waals surface area contributed by atoms with Gasteiger partial charge in [0, 0.05) is 5.56 Å². The Morgan fingerprint density at radius 2 is 1.47 bits per heavy atom. The zero-order valence-corrected chi connectivity index (χ0v) is 21.4. The Bertz CT molecular complexity index is 1390. The molecule has 1 amide bonds. The molecule has 0 bridgehead atoms. The third-order valence-electron chi connectivity index (χ3n) is 5.42. The van der Waals surface area contributed by atoms with Crippen molar-refractivity contribution in [1.82, 2.24) is 0 Å². The van der Waals surface area contributed by atoms with Gasteiger partial charge in [0.25, 0.3) is 5.91 Å². The lowest BCUT2D eigenvalue weighted by atomic mass is 9.98. The maximum atomic E-state index is 13.4. The normalized spacial score (nSPS) is 13.5. The summed E-state index contributed by atoms with van der Waals surface area (Å²) < 4.78 is 5.26. The molecule has 0 fully saturated rings. The van der Waals surface area contributed by atoms with Crippen LogP contribution in [0.4, 0.5) is 5.69 Å². The van der Waals surface area contributed by atoms with Gasteiger partial charge in [0.2, 0.25) is 0 Å². The number of carbonyl (C=O) groups excluding carboxylic acids is 1. The number of phenolic OH excluding ortho intramolecular Hbond substituents is 1. The van der Waals surface area contributed by atoms with Gasteiger partial charge in [-0.25, -0.2) is 0 Å². The summed E-state index contributed by atoms with van der Waals surface area (Å²) in [5.41, 5.74) is 3.25. The molecular weight excluding hydrogens is 448 g/mol. The van der Waals surface area contributed by atoms with Gasteiger partial charge in [0.1, 0.15) is 5.71 Å². The minimum atomic E-state index is -0.216. The van der Waals surface area contributed by atoms with Crippen LogP contribution in [0.3, 0.4) is 0 Å². The standard InChI is InChI=1S/C27H20N2O3.2C2H6/c1-32-25-17-21(13-14-24(25)30)26-23(27(31)29(28-26)22-9-3-2-4-10-22)16-18-11-12-19-7-5-6-8-20(19)15-18;2*1-2/h2-17,30H,1H3;2*1-2H3/b23-16-;;. The summed E-state index contributed by atoms with van der Waals surface area (Å²) in [5, 5.41) is 18.3. The minimum absolute atomic E-state index is 0.0288. The van der Waals surface area contributed by atoms with Crippen molar-refractivity contribution in [2.45, 2.75) is 27.7 Å². The topological polar surface area (TPSA) is 62.1 Å². The molecule has 0 saturated carbocycles. The van der Waals surface area contributed by atoms with Gasteiger partial charge in [-0.15, -0.1) is 0 Å². The molecule has 0 saturated heterocycles. The SMILES string of the molecule is CC.CC.COc1cc(C2=NN(c3ccccc3)C(=O)/C2=C\c2ccc3ccccc3c2)ccc1O. The highest BCUT2D eigenvalue weighted by atomic mass is 16.5. The van der Waals surface area contributed by atoms with Crippen molar-refractivity contribution in [3.8, 4) is 11.5 Å². The molecule has 4 aromatic carbocycles. The summed E-state index contributed by atoms with van der Waals surface area (Å²) in [7, 11) is 1.49. The van der Waals surface area contributed by atoms with Gasteiger partial charge < -0.3 is 9.84 Å². The van der Waals surface area contributed by atoms with E-state index in [1.54, 1.807) is 18.2 Å². The predicted octanol–water partition coefficient (Wildman–Crippen LogP) is 7.44. The molecule has 0 aromatic heterocycles. The van der Waals surface area contributed by atoms with Crippen LogP contribution in [0.5, 0.6) is 11.5 Å². The largest absolute Gasteiger partial charge is 0.504 e. The number of ether oxygens (including phenoxy) is 1. The Morgan fingerprint density at radius 3 is 2.17 bits per heavy atom. The molecule has 5 heteroatoms. The smallest absolute Gasteiger partial charge is 0.281 e. The first-order chi connectivity index (χ1) is 17.6. The Labute approximate surface area is 213 Å². The van der Waals surface area contributed by atoms with E-state index in [1.807, 2.05) is 94.4 Å². The second-order valence-corrected chi connectivity index (χ2v) is 7.45. The summed E-state index contributed by atoms with van der Waals surface area (Å²) in [6, 6.07) is 28.4. The number of hydrogen-bond acceptors (Lipinski definition) is 4. The van der Waals surface area contributed by atoms with Crippen molar-refractivity contribution in [3.63, 3.8) is 0 Å². The Morgan fingerprint density at radius 1 is 0.806 bits per heavy atom. The maximum Gasteiger partial charge on any atom is 0.281 e. The molecule has 4 aromatic rings. The molecule has 1 N–H and O–H groups in total. The van der Waals surface area contributed by atoms with Crippen molar-refractivity contribution in [2.75, 3.05) is 12.1 Å². The number of anilines is 1. The summed E-state index contributed by atoms with van der Waals surface area (Å²) in [6.45, 7) is 8.00. The van der Waals surface area contributed by atoms with E-state index in [0.717, 1.165) is 16.3 Å². The van der Waals surface area contributed by atoms with E-state index >= 15 is 0 Å². The van der Waals surface area contributed by atoms with Crippen LogP contribution in [-0.2, 0) is 4.79 Å². The number of hydrazone groups is 1. The number of amides is 1. The Balaban J connectivity index is 0.000000861. The molecule has 5 rings (SSSR count). The van der Waals surface area contributed by atoms with Crippen LogP contribution in [0, 0.1) is 0 Å². The molecule has 0 atom stereocenters. The molecule has 184 valence electrons. The number of methoxy groups -OCH3 is 1. The van der Waals surface area contributed by atoms with E-state index in [-0.39, 0.29) is 11.7 Å². The van der Waals surface area contributed by atoms with Crippen LogP contribution < -0.4 is 9.75 Å². The number of carbonyl (C=O) groups is 1. The van der Waals surface area contributed by atoms with Gasteiger partial charge in [-0.1, -0.05) is 82.3 Å². The first-order valence-electron chi connectivity index (χ1n) is 12.2. The van der Waals surface area contributed by atoms with Crippen molar-refractivity contribution in [2.24, 2.45) is 5.10 Å². The fourth-order valence-electron chi connectivity index (χ4n) is 3.79. The third kappa shape index (κ3) is 5.47. The lowest BCUT2D eigenvalue weighted by molar-refractivity contribution is -0.114.